The van der Waals surface area contributed by atoms with Gasteiger partial charge < -0.3 is 10.0 Å². The highest BCUT2D eigenvalue weighted by atomic mass is 16.6. The molecule has 1 amide bonds. The minimum absolute atomic E-state index is 0.0763. The average molecular weight is 279 g/mol. The lowest BCUT2D eigenvalue weighted by atomic mass is 10.1. The SMILES string of the molecule is Cc1ncc([N+](=O)[O-])cc1C(=O)N1CCCC1C(=O)O. The zero-order chi connectivity index (χ0) is 14.9. The standard InChI is InChI=1S/C12H13N3O5/c1-7-9(5-8(6-13-7)15(19)20)11(16)14-4-2-3-10(14)12(17)18/h5-6,10H,2-4H2,1H3,(H,17,18). The van der Waals surface area contributed by atoms with E-state index >= 15 is 0 Å². The first-order valence-corrected chi connectivity index (χ1v) is 6.06. The topological polar surface area (TPSA) is 114 Å². The maximum Gasteiger partial charge on any atom is 0.326 e. The number of pyridine rings is 1. The van der Waals surface area contributed by atoms with Crippen molar-refractivity contribution in [3.05, 3.63) is 33.6 Å². The molecule has 1 aliphatic heterocycles. The fourth-order valence-corrected chi connectivity index (χ4v) is 2.26. The van der Waals surface area contributed by atoms with Gasteiger partial charge in [0, 0.05) is 12.6 Å². The van der Waals surface area contributed by atoms with Gasteiger partial charge >= 0.3 is 5.97 Å². The number of hydrogen-bond donors (Lipinski definition) is 1. The number of carbonyl (C=O) groups excluding carboxylic acids is 1. The fourth-order valence-electron chi connectivity index (χ4n) is 2.26. The summed E-state index contributed by atoms with van der Waals surface area (Å²) in [5.74, 6) is -1.59. The summed E-state index contributed by atoms with van der Waals surface area (Å²) in [4.78, 5) is 38.6. The number of carboxylic acids is 1. The van der Waals surface area contributed by atoms with Gasteiger partial charge in [-0.25, -0.2) is 4.79 Å². The third kappa shape index (κ3) is 2.44. The van der Waals surface area contributed by atoms with Crippen molar-refractivity contribution < 1.29 is 19.6 Å². The molecule has 0 bridgehead atoms. The molecule has 0 saturated carbocycles. The van der Waals surface area contributed by atoms with E-state index in [2.05, 4.69) is 4.98 Å². The number of aliphatic carboxylic acids is 1. The second-order valence-electron chi connectivity index (χ2n) is 4.58. The van der Waals surface area contributed by atoms with Gasteiger partial charge in [-0.2, -0.15) is 0 Å². The number of nitro groups is 1. The molecule has 8 heteroatoms. The van der Waals surface area contributed by atoms with Gasteiger partial charge in [-0.05, 0) is 19.8 Å². The smallest absolute Gasteiger partial charge is 0.326 e. The molecular weight excluding hydrogens is 266 g/mol. The monoisotopic (exact) mass is 279 g/mol. The number of nitrogens with zero attached hydrogens (tertiary/aromatic N) is 3. The van der Waals surface area contributed by atoms with Crippen molar-refractivity contribution in [3.8, 4) is 0 Å². The largest absolute Gasteiger partial charge is 0.480 e. The Kier molecular flexibility index (Phi) is 3.64. The molecule has 1 saturated heterocycles. The van der Waals surface area contributed by atoms with Crippen molar-refractivity contribution in [3.63, 3.8) is 0 Å². The van der Waals surface area contributed by atoms with Crippen LogP contribution in [0.25, 0.3) is 0 Å². The number of likely N-dealkylation sites (tertiary alicyclic amines) is 1. The van der Waals surface area contributed by atoms with Crippen molar-refractivity contribution in [1.29, 1.82) is 0 Å². The predicted octanol–water partition coefficient (Wildman–Crippen LogP) is 0.987. The van der Waals surface area contributed by atoms with E-state index in [1.807, 2.05) is 0 Å². The van der Waals surface area contributed by atoms with Gasteiger partial charge in [-0.1, -0.05) is 0 Å². The minimum atomic E-state index is -1.06. The molecule has 106 valence electrons. The van der Waals surface area contributed by atoms with Crippen molar-refractivity contribution >= 4 is 17.6 Å². The van der Waals surface area contributed by atoms with Crippen molar-refractivity contribution in [2.24, 2.45) is 0 Å². The van der Waals surface area contributed by atoms with E-state index < -0.39 is 22.8 Å². The van der Waals surface area contributed by atoms with Crippen LogP contribution >= 0.6 is 0 Å². The number of hydrogen-bond acceptors (Lipinski definition) is 5. The van der Waals surface area contributed by atoms with Gasteiger partial charge in [-0.3, -0.25) is 19.9 Å². The summed E-state index contributed by atoms with van der Waals surface area (Å²) in [7, 11) is 0. The summed E-state index contributed by atoms with van der Waals surface area (Å²) in [5, 5.41) is 19.8. The zero-order valence-electron chi connectivity index (χ0n) is 10.8. The number of aromatic nitrogens is 1. The van der Waals surface area contributed by atoms with Crippen LogP contribution in [0.1, 0.15) is 28.9 Å². The van der Waals surface area contributed by atoms with Gasteiger partial charge in [0.25, 0.3) is 11.6 Å². The van der Waals surface area contributed by atoms with E-state index in [9.17, 15) is 19.7 Å². The molecule has 1 aromatic heterocycles. The summed E-state index contributed by atoms with van der Waals surface area (Å²) in [5.41, 5.74) is 0.133. The van der Waals surface area contributed by atoms with Crippen molar-refractivity contribution in [1.82, 2.24) is 9.88 Å². The lowest BCUT2D eigenvalue weighted by Crippen LogP contribution is -2.40. The highest BCUT2D eigenvalue weighted by molar-refractivity contribution is 5.98. The van der Waals surface area contributed by atoms with Crippen LogP contribution in [0.5, 0.6) is 0 Å². The molecule has 0 spiro atoms. The minimum Gasteiger partial charge on any atom is -0.480 e. The number of carboxylic acid groups (broad SMARTS) is 1. The molecule has 1 aromatic rings. The van der Waals surface area contributed by atoms with Crippen molar-refractivity contribution in [2.45, 2.75) is 25.8 Å². The molecule has 1 aliphatic rings. The van der Waals surface area contributed by atoms with E-state index in [1.54, 1.807) is 6.92 Å². The molecule has 0 aliphatic carbocycles. The molecule has 1 fully saturated rings. The van der Waals surface area contributed by atoms with E-state index in [4.69, 9.17) is 5.11 Å². The van der Waals surface area contributed by atoms with Gasteiger partial charge in [0.1, 0.15) is 12.2 Å². The first-order chi connectivity index (χ1) is 9.41. The average Bonchev–Trinajstić information content (AvgIpc) is 2.87. The quantitative estimate of drug-likeness (QED) is 0.651. The molecule has 0 radical (unpaired) electrons. The Labute approximate surface area is 114 Å². The lowest BCUT2D eigenvalue weighted by Gasteiger charge is -2.21. The van der Waals surface area contributed by atoms with Crippen LogP contribution in [0.15, 0.2) is 12.3 Å². The summed E-state index contributed by atoms with van der Waals surface area (Å²) >= 11 is 0. The van der Waals surface area contributed by atoms with Crippen LogP contribution in [0, 0.1) is 17.0 Å². The van der Waals surface area contributed by atoms with Crippen LogP contribution in [0.3, 0.4) is 0 Å². The van der Waals surface area contributed by atoms with E-state index in [0.717, 1.165) is 12.3 Å². The highest BCUT2D eigenvalue weighted by Gasteiger charge is 2.35. The van der Waals surface area contributed by atoms with Crippen LogP contribution in [-0.4, -0.2) is 44.4 Å². The van der Waals surface area contributed by atoms with E-state index in [0.29, 0.717) is 25.1 Å². The van der Waals surface area contributed by atoms with Crippen LogP contribution < -0.4 is 0 Å². The van der Waals surface area contributed by atoms with Gasteiger partial charge in [0.05, 0.1) is 16.2 Å². The Morgan fingerprint density at radius 1 is 1.55 bits per heavy atom. The molecule has 2 rings (SSSR count). The molecule has 2 heterocycles. The van der Waals surface area contributed by atoms with Gasteiger partial charge in [0.2, 0.25) is 0 Å². The Balaban J connectivity index is 2.35. The number of rotatable bonds is 3. The Bertz CT molecular complexity index is 586. The number of amides is 1. The second kappa shape index (κ2) is 5.24. The Morgan fingerprint density at radius 3 is 2.85 bits per heavy atom. The molecule has 1 unspecified atom stereocenters. The summed E-state index contributed by atoms with van der Waals surface area (Å²) in [6.45, 7) is 1.89. The first-order valence-electron chi connectivity index (χ1n) is 6.06. The number of aryl methyl sites for hydroxylation is 1. The van der Waals surface area contributed by atoms with Gasteiger partial charge in [0.15, 0.2) is 0 Å². The maximum atomic E-state index is 12.4. The predicted molar refractivity (Wildman–Crippen MR) is 67.3 cm³/mol. The summed E-state index contributed by atoms with van der Waals surface area (Å²) in [6, 6.07) is 0.267. The maximum absolute atomic E-state index is 12.4. The first kappa shape index (κ1) is 13.9. The molecule has 20 heavy (non-hydrogen) atoms. The zero-order valence-corrected chi connectivity index (χ0v) is 10.8. The fraction of sp³-hybridized carbons (Fsp3) is 0.417. The van der Waals surface area contributed by atoms with E-state index in [-0.39, 0.29) is 11.3 Å². The van der Waals surface area contributed by atoms with Crippen molar-refractivity contribution in [2.75, 3.05) is 6.54 Å². The summed E-state index contributed by atoms with van der Waals surface area (Å²) in [6.07, 6.45) is 2.07. The second-order valence-corrected chi connectivity index (χ2v) is 4.58. The highest BCUT2D eigenvalue weighted by Crippen LogP contribution is 2.23. The molecule has 0 aromatic carbocycles. The molecular formula is C12H13N3O5. The molecule has 1 atom stereocenters. The molecule has 1 N–H and O–H groups in total. The molecule has 8 nitrogen and oxygen atoms in total. The van der Waals surface area contributed by atoms with E-state index in [1.165, 1.54) is 4.90 Å². The lowest BCUT2D eigenvalue weighted by molar-refractivity contribution is -0.385. The Hall–Kier alpha value is -2.51. The third-order valence-electron chi connectivity index (χ3n) is 3.31. The van der Waals surface area contributed by atoms with Crippen LogP contribution in [0.2, 0.25) is 0 Å². The van der Waals surface area contributed by atoms with Crippen LogP contribution in [0.4, 0.5) is 5.69 Å². The van der Waals surface area contributed by atoms with Crippen LogP contribution in [-0.2, 0) is 4.79 Å². The number of carbonyl (C=O) groups is 2. The Morgan fingerprint density at radius 2 is 2.25 bits per heavy atom. The van der Waals surface area contributed by atoms with Gasteiger partial charge in [-0.15, -0.1) is 0 Å². The third-order valence-corrected chi connectivity index (χ3v) is 3.31. The normalized spacial score (nSPS) is 18.1. The summed E-state index contributed by atoms with van der Waals surface area (Å²) < 4.78 is 0.